The van der Waals surface area contributed by atoms with Gasteiger partial charge >= 0.3 is 0 Å². The van der Waals surface area contributed by atoms with Gasteiger partial charge in [-0.25, -0.2) is 4.98 Å². The number of aryl methyl sites for hydroxylation is 1. The van der Waals surface area contributed by atoms with E-state index in [0.717, 1.165) is 22.9 Å². The summed E-state index contributed by atoms with van der Waals surface area (Å²) in [6.45, 7) is 0.631. The first kappa shape index (κ1) is 9.29. The summed E-state index contributed by atoms with van der Waals surface area (Å²) < 4.78 is 1.85. The Morgan fingerprint density at radius 2 is 2.43 bits per heavy atom. The highest BCUT2D eigenvalue weighted by Gasteiger charge is 2.08. The van der Waals surface area contributed by atoms with Crippen molar-refractivity contribution in [3.8, 4) is 11.5 Å². The SMILES string of the molecule is Cn1cnnc1-c1csc(CCN)n1. The molecule has 2 rings (SSSR count). The van der Waals surface area contributed by atoms with Gasteiger partial charge < -0.3 is 10.3 Å². The van der Waals surface area contributed by atoms with Crippen molar-refractivity contribution in [3.05, 3.63) is 16.7 Å². The van der Waals surface area contributed by atoms with Crippen LogP contribution in [0.1, 0.15) is 5.01 Å². The molecule has 6 heteroatoms. The molecule has 0 fully saturated rings. The molecule has 0 radical (unpaired) electrons. The Kier molecular flexibility index (Phi) is 2.55. The van der Waals surface area contributed by atoms with Crippen molar-refractivity contribution in [3.63, 3.8) is 0 Å². The molecule has 0 unspecified atom stereocenters. The summed E-state index contributed by atoms with van der Waals surface area (Å²) in [6.07, 6.45) is 2.49. The summed E-state index contributed by atoms with van der Waals surface area (Å²) in [4.78, 5) is 4.42. The maximum Gasteiger partial charge on any atom is 0.183 e. The lowest BCUT2D eigenvalue weighted by Gasteiger charge is -1.93. The second-order valence-corrected chi connectivity index (χ2v) is 3.87. The highest BCUT2D eigenvalue weighted by atomic mass is 32.1. The van der Waals surface area contributed by atoms with Crippen LogP contribution in [0.15, 0.2) is 11.7 Å². The van der Waals surface area contributed by atoms with Crippen LogP contribution in [0.2, 0.25) is 0 Å². The quantitative estimate of drug-likeness (QED) is 0.796. The molecule has 0 spiro atoms. The molecule has 2 N–H and O–H groups in total. The van der Waals surface area contributed by atoms with Crippen LogP contribution in [-0.2, 0) is 13.5 Å². The smallest absolute Gasteiger partial charge is 0.183 e. The minimum atomic E-state index is 0.631. The van der Waals surface area contributed by atoms with Gasteiger partial charge in [0.1, 0.15) is 12.0 Å². The average Bonchev–Trinajstić information content (AvgIpc) is 2.74. The van der Waals surface area contributed by atoms with E-state index in [1.165, 1.54) is 0 Å². The Bertz CT molecular complexity index is 419. The van der Waals surface area contributed by atoms with E-state index in [4.69, 9.17) is 5.73 Å². The molecule has 0 atom stereocenters. The summed E-state index contributed by atoms with van der Waals surface area (Å²) in [5.74, 6) is 0.796. The molecule has 2 aromatic heterocycles. The summed E-state index contributed by atoms with van der Waals surface area (Å²) >= 11 is 1.61. The second-order valence-electron chi connectivity index (χ2n) is 2.93. The van der Waals surface area contributed by atoms with Gasteiger partial charge in [0.25, 0.3) is 0 Å². The van der Waals surface area contributed by atoms with Gasteiger partial charge in [0.05, 0.1) is 5.01 Å². The van der Waals surface area contributed by atoms with E-state index in [2.05, 4.69) is 15.2 Å². The first-order valence-corrected chi connectivity index (χ1v) is 5.18. The Morgan fingerprint density at radius 3 is 3.07 bits per heavy atom. The molecule has 0 aliphatic heterocycles. The second kappa shape index (κ2) is 3.85. The van der Waals surface area contributed by atoms with Crippen molar-refractivity contribution in [2.24, 2.45) is 12.8 Å². The lowest BCUT2D eigenvalue weighted by Crippen LogP contribution is -2.02. The van der Waals surface area contributed by atoms with Crippen LogP contribution >= 0.6 is 11.3 Å². The van der Waals surface area contributed by atoms with Gasteiger partial charge in [-0.1, -0.05) is 0 Å². The summed E-state index contributed by atoms with van der Waals surface area (Å²) in [5, 5.41) is 10.8. The molecule has 0 saturated carbocycles. The predicted molar refractivity (Wildman–Crippen MR) is 54.9 cm³/mol. The van der Waals surface area contributed by atoms with Crippen LogP contribution in [0.4, 0.5) is 0 Å². The lowest BCUT2D eigenvalue weighted by molar-refractivity contribution is 0.908. The molecule has 74 valence electrons. The van der Waals surface area contributed by atoms with Crippen molar-refractivity contribution in [2.75, 3.05) is 6.54 Å². The zero-order valence-corrected chi connectivity index (χ0v) is 8.66. The standard InChI is InChI=1S/C8H11N5S/c1-13-5-10-12-8(13)6-4-14-7(11-6)2-3-9/h4-5H,2-3,9H2,1H3. The lowest BCUT2D eigenvalue weighted by atomic mass is 10.4. The molecule has 0 bridgehead atoms. The predicted octanol–water partition coefficient (Wildman–Crippen LogP) is 0.440. The summed E-state index contributed by atoms with van der Waals surface area (Å²) in [5.41, 5.74) is 6.33. The maximum atomic E-state index is 5.45. The van der Waals surface area contributed by atoms with Crippen molar-refractivity contribution in [1.29, 1.82) is 0 Å². The van der Waals surface area contributed by atoms with Crippen LogP contribution < -0.4 is 5.73 Å². The van der Waals surface area contributed by atoms with Crippen LogP contribution in [0.25, 0.3) is 11.5 Å². The van der Waals surface area contributed by atoms with Gasteiger partial charge in [0.2, 0.25) is 0 Å². The molecule has 2 heterocycles. The minimum absolute atomic E-state index is 0.631. The van der Waals surface area contributed by atoms with Gasteiger partial charge in [0.15, 0.2) is 5.82 Å². The fraction of sp³-hybridized carbons (Fsp3) is 0.375. The third kappa shape index (κ3) is 1.66. The Labute approximate surface area is 85.6 Å². The van der Waals surface area contributed by atoms with Gasteiger partial charge in [-0.3, -0.25) is 0 Å². The van der Waals surface area contributed by atoms with E-state index in [1.54, 1.807) is 17.7 Å². The molecule has 2 aromatic rings. The van der Waals surface area contributed by atoms with Crippen molar-refractivity contribution < 1.29 is 0 Å². The van der Waals surface area contributed by atoms with Gasteiger partial charge in [-0.2, -0.15) is 0 Å². The first-order valence-electron chi connectivity index (χ1n) is 4.30. The molecule has 0 aliphatic rings. The average molecular weight is 209 g/mol. The van der Waals surface area contributed by atoms with E-state index in [-0.39, 0.29) is 0 Å². The topological polar surface area (TPSA) is 69.6 Å². The Balaban J connectivity index is 2.29. The zero-order chi connectivity index (χ0) is 9.97. The van der Waals surface area contributed by atoms with Crippen LogP contribution in [0.5, 0.6) is 0 Å². The third-order valence-corrected chi connectivity index (χ3v) is 2.76. The third-order valence-electron chi connectivity index (χ3n) is 1.85. The molecule has 0 saturated heterocycles. The van der Waals surface area contributed by atoms with Crippen LogP contribution in [0, 0.1) is 0 Å². The van der Waals surface area contributed by atoms with Crippen molar-refractivity contribution in [1.82, 2.24) is 19.7 Å². The van der Waals surface area contributed by atoms with E-state index >= 15 is 0 Å². The van der Waals surface area contributed by atoms with E-state index in [9.17, 15) is 0 Å². The molecular weight excluding hydrogens is 198 g/mol. The number of nitrogens with two attached hydrogens (primary N) is 1. The molecule has 0 aliphatic carbocycles. The molecular formula is C8H11N5S. The number of thiazole rings is 1. The summed E-state index contributed by atoms with van der Waals surface area (Å²) in [7, 11) is 1.90. The number of hydrogen-bond acceptors (Lipinski definition) is 5. The number of hydrogen-bond donors (Lipinski definition) is 1. The Morgan fingerprint density at radius 1 is 1.57 bits per heavy atom. The van der Waals surface area contributed by atoms with Crippen LogP contribution in [0.3, 0.4) is 0 Å². The van der Waals surface area contributed by atoms with Crippen LogP contribution in [-0.4, -0.2) is 26.3 Å². The highest BCUT2D eigenvalue weighted by molar-refractivity contribution is 7.09. The fourth-order valence-electron chi connectivity index (χ4n) is 1.17. The van der Waals surface area contributed by atoms with Crippen molar-refractivity contribution >= 4 is 11.3 Å². The monoisotopic (exact) mass is 209 g/mol. The van der Waals surface area contributed by atoms with Crippen molar-refractivity contribution in [2.45, 2.75) is 6.42 Å². The van der Waals surface area contributed by atoms with E-state index in [0.29, 0.717) is 6.54 Å². The first-order chi connectivity index (χ1) is 6.81. The fourth-order valence-corrected chi connectivity index (χ4v) is 1.96. The van der Waals surface area contributed by atoms with Gasteiger partial charge in [-0.05, 0) is 6.54 Å². The molecule has 5 nitrogen and oxygen atoms in total. The zero-order valence-electron chi connectivity index (χ0n) is 7.84. The summed E-state index contributed by atoms with van der Waals surface area (Å²) in [6, 6.07) is 0. The molecule has 14 heavy (non-hydrogen) atoms. The normalized spacial score (nSPS) is 10.7. The Hall–Kier alpha value is -1.27. The highest BCUT2D eigenvalue weighted by Crippen LogP contribution is 2.19. The number of nitrogens with zero attached hydrogens (tertiary/aromatic N) is 4. The van der Waals surface area contributed by atoms with E-state index in [1.807, 2.05) is 17.0 Å². The molecule has 0 aromatic carbocycles. The number of aromatic nitrogens is 4. The molecule has 0 amide bonds. The largest absolute Gasteiger partial charge is 0.330 e. The van der Waals surface area contributed by atoms with E-state index < -0.39 is 0 Å². The van der Waals surface area contributed by atoms with Gasteiger partial charge in [-0.15, -0.1) is 21.5 Å². The van der Waals surface area contributed by atoms with Gasteiger partial charge in [0, 0.05) is 18.8 Å². The number of rotatable bonds is 3. The maximum absolute atomic E-state index is 5.45. The minimum Gasteiger partial charge on any atom is -0.330 e.